The molecule has 0 saturated heterocycles. The van der Waals surface area contributed by atoms with E-state index in [-0.39, 0.29) is 11.3 Å². The molecule has 4 fully saturated rings. The van der Waals surface area contributed by atoms with Gasteiger partial charge >= 0.3 is 0 Å². The average molecular weight is 422 g/mol. The second-order valence-corrected chi connectivity index (χ2v) is 12.0. The minimum Gasteiger partial charge on any atom is -0.345 e. The van der Waals surface area contributed by atoms with E-state index in [0.717, 1.165) is 54.9 Å². The van der Waals surface area contributed by atoms with Crippen molar-refractivity contribution >= 4 is 5.91 Å². The molecule has 0 radical (unpaired) electrons. The van der Waals surface area contributed by atoms with Crippen LogP contribution in [-0.2, 0) is 11.2 Å². The Kier molecular flexibility index (Phi) is 5.95. The number of fused-ring (bicyclic) bond motifs is 5. The molecule has 0 aliphatic heterocycles. The standard InChI is InChI=1S/C29H43NO/c1-20-9-11-23-22(19-20)10-12-25-24(23)15-17-29(2)26(25)13-14-27(29)28(31)30(3)18-16-21-7-5-4-6-8-21/h4-8,20,22-27H,9-19H2,1-3H3/t20?,22?,23?,24?,25?,26?,27-,29?/m1/s1. The van der Waals surface area contributed by atoms with Gasteiger partial charge in [-0.2, -0.15) is 0 Å². The first-order valence-electron chi connectivity index (χ1n) is 13.3. The Morgan fingerprint density at radius 2 is 1.74 bits per heavy atom. The van der Waals surface area contributed by atoms with Gasteiger partial charge in [0.2, 0.25) is 5.91 Å². The monoisotopic (exact) mass is 421 g/mol. The van der Waals surface area contributed by atoms with Crippen LogP contribution >= 0.6 is 0 Å². The fraction of sp³-hybridized carbons (Fsp3) is 0.759. The lowest BCUT2D eigenvalue weighted by Crippen LogP contribution is -2.50. The van der Waals surface area contributed by atoms with Gasteiger partial charge in [-0.25, -0.2) is 0 Å². The number of carbonyl (C=O) groups excluding carboxylic acids is 1. The number of likely N-dealkylation sites (N-methyl/N-ethyl adjacent to an activating group) is 1. The van der Waals surface area contributed by atoms with Crippen molar-refractivity contribution in [3.63, 3.8) is 0 Å². The number of hydrogen-bond acceptors (Lipinski definition) is 1. The lowest BCUT2D eigenvalue weighted by atomic mass is 9.49. The highest BCUT2D eigenvalue weighted by Gasteiger charge is 2.58. The number of rotatable bonds is 4. The van der Waals surface area contributed by atoms with Crippen LogP contribution in [0.25, 0.3) is 0 Å². The Bertz CT molecular complexity index is 774. The molecule has 0 N–H and O–H groups in total. The SMILES string of the molecule is CC1CCC2C(CCC3C2CCC2(C)C3CC[C@@H]2C(=O)N(C)CCc2ccccc2)C1. The number of carbonyl (C=O) groups is 1. The van der Waals surface area contributed by atoms with Gasteiger partial charge in [-0.15, -0.1) is 0 Å². The molecule has 2 heteroatoms. The summed E-state index contributed by atoms with van der Waals surface area (Å²) in [6, 6.07) is 10.6. The van der Waals surface area contributed by atoms with E-state index >= 15 is 0 Å². The highest BCUT2D eigenvalue weighted by atomic mass is 16.2. The fourth-order valence-corrected chi connectivity index (χ4v) is 8.81. The minimum absolute atomic E-state index is 0.244. The van der Waals surface area contributed by atoms with E-state index in [1.165, 1.54) is 56.9 Å². The van der Waals surface area contributed by atoms with E-state index in [1.807, 2.05) is 7.05 Å². The Hall–Kier alpha value is -1.31. The van der Waals surface area contributed by atoms with Crippen molar-refractivity contribution in [3.8, 4) is 0 Å². The van der Waals surface area contributed by atoms with Gasteiger partial charge < -0.3 is 4.90 Å². The van der Waals surface area contributed by atoms with Crippen molar-refractivity contribution in [1.82, 2.24) is 4.90 Å². The van der Waals surface area contributed by atoms with Gasteiger partial charge in [0, 0.05) is 19.5 Å². The van der Waals surface area contributed by atoms with Crippen LogP contribution in [0.5, 0.6) is 0 Å². The van der Waals surface area contributed by atoms with Crippen LogP contribution < -0.4 is 0 Å². The third kappa shape index (κ3) is 3.87. The van der Waals surface area contributed by atoms with E-state index in [9.17, 15) is 4.79 Å². The van der Waals surface area contributed by atoms with E-state index < -0.39 is 0 Å². The average Bonchev–Trinajstić information content (AvgIpc) is 3.14. The summed E-state index contributed by atoms with van der Waals surface area (Å²) in [5, 5.41) is 0. The Labute approximate surface area is 190 Å². The molecule has 0 aromatic heterocycles. The molecule has 4 saturated carbocycles. The largest absolute Gasteiger partial charge is 0.345 e. The maximum absolute atomic E-state index is 13.6. The zero-order valence-electron chi connectivity index (χ0n) is 20.1. The van der Waals surface area contributed by atoms with Gasteiger partial charge in [0.25, 0.3) is 0 Å². The van der Waals surface area contributed by atoms with Crippen molar-refractivity contribution in [2.75, 3.05) is 13.6 Å². The molecule has 4 aliphatic rings. The van der Waals surface area contributed by atoms with Gasteiger partial charge in [-0.3, -0.25) is 4.79 Å². The van der Waals surface area contributed by atoms with Crippen LogP contribution in [0.4, 0.5) is 0 Å². The molecule has 1 amide bonds. The second kappa shape index (κ2) is 8.56. The summed E-state index contributed by atoms with van der Waals surface area (Å²) >= 11 is 0. The number of amides is 1. The zero-order chi connectivity index (χ0) is 21.6. The normalized spacial score (nSPS) is 41.7. The Morgan fingerprint density at radius 3 is 2.55 bits per heavy atom. The molecule has 1 aromatic carbocycles. The summed E-state index contributed by atoms with van der Waals surface area (Å²) in [6.45, 7) is 5.82. The van der Waals surface area contributed by atoms with Gasteiger partial charge in [-0.1, -0.05) is 50.6 Å². The van der Waals surface area contributed by atoms with Gasteiger partial charge in [0.15, 0.2) is 0 Å². The van der Waals surface area contributed by atoms with Gasteiger partial charge in [0.05, 0.1) is 0 Å². The van der Waals surface area contributed by atoms with Gasteiger partial charge in [0.1, 0.15) is 0 Å². The van der Waals surface area contributed by atoms with Crippen LogP contribution in [0.15, 0.2) is 30.3 Å². The Balaban J connectivity index is 1.25. The number of benzene rings is 1. The summed E-state index contributed by atoms with van der Waals surface area (Å²) in [5.74, 6) is 6.31. The summed E-state index contributed by atoms with van der Waals surface area (Å²) in [5.41, 5.74) is 1.57. The molecule has 0 spiro atoms. The molecule has 2 nitrogen and oxygen atoms in total. The molecule has 0 bridgehead atoms. The number of hydrogen-bond donors (Lipinski definition) is 0. The van der Waals surface area contributed by atoms with E-state index in [1.54, 1.807) is 0 Å². The van der Waals surface area contributed by atoms with Crippen LogP contribution in [0, 0.1) is 46.8 Å². The van der Waals surface area contributed by atoms with E-state index in [4.69, 9.17) is 0 Å². The van der Waals surface area contributed by atoms with Gasteiger partial charge in [-0.05, 0) is 104 Å². The quantitative estimate of drug-likeness (QED) is 0.537. The lowest BCUT2D eigenvalue weighted by molar-refractivity contribution is -0.141. The molecule has 0 heterocycles. The topological polar surface area (TPSA) is 20.3 Å². The maximum atomic E-state index is 13.6. The Morgan fingerprint density at radius 1 is 0.968 bits per heavy atom. The van der Waals surface area contributed by atoms with Crippen LogP contribution in [0.2, 0.25) is 0 Å². The third-order valence-corrected chi connectivity index (χ3v) is 10.5. The predicted octanol–water partition coefficient (Wildman–Crippen LogP) is 6.59. The first-order chi connectivity index (χ1) is 15.0. The zero-order valence-corrected chi connectivity index (χ0v) is 20.1. The van der Waals surface area contributed by atoms with Crippen molar-refractivity contribution < 1.29 is 4.79 Å². The first-order valence-corrected chi connectivity index (χ1v) is 13.3. The van der Waals surface area contributed by atoms with E-state index in [2.05, 4.69) is 49.1 Å². The van der Waals surface area contributed by atoms with Crippen molar-refractivity contribution in [2.45, 2.75) is 78.1 Å². The summed E-state index contributed by atoms with van der Waals surface area (Å²) in [7, 11) is 2.04. The van der Waals surface area contributed by atoms with Crippen molar-refractivity contribution in [1.29, 1.82) is 0 Å². The molecule has 170 valence electrons. The molecular formula is C29H43NO. The molecule has 5 rings (SSSR count). The molecule has 31 heavy (non-hydrogen) atoms. The van der Waals surface area contributed by atoms with Crippen molar-refractivity contribution in [2.24, 2.45) is 46.8 Å². The molecule has 1 aromatic rings. The summed E-state index contributed by atoms with van der Waals surface area (Å²) in [4.78, 5) is 15.6. The predicted molar refractivity (Wildman–Crippen MR) is 128 cm³/mol. The van der Waals surface area contributed by atoms with Crippen LogP contribution in [0.1, 0.15) is 77.2 Å². The highest BCUT2D eigenvalue weighted by molar-refractivity contribution is 5.80. The second-order valence-electron chi connectivity index (χ2n) is 12.0. The molecule has 7 unspecified atom stereocenters. The van der Waals surface area contributed by atoms with Crippen molar-refractivity contribution in [3.05, 3.63) is 35.9 Å². The summed E-state index contributed by atoms with van der Waals surface area (Å²) in [6.07, 6.45) is 13.4. The molecule has 8 atom stereocenters. The fourth-order valence-electron chi connectivity index (χ4n) is 8.81. The smallest absolute Gasteiger partial charge is 0.225 e. The van der Waals surface area contributed by atoms with Crippen LogP contribution in [0.3, 0.4) is 0 Å². The highest BCUT2D eigenvalue weighted by Crippen LogP contribution is 2.64. The molecular weight excluding hydrogens is 378 g/mol. The third-order valence-electron chi connectivity index (χ3n) is 10.5. The minimum atomic E-state index is 0.244. The van der Waals surface area contributed by atoms with Crippen LogP contribution in [-0.4, -0.2) is 24.4 Å². The number of nitrogens with zero attached hydrogens (tertiary/aromatic N) is 1. The maximum Gasteiger partial charge on any atom is 0.225 e. The summed E-state index contributed by atoms with van der Waals surface area (Å²) < 4.78 is 0. The van der Waals surface area contributed by atoms with E-state index in [0.29, 0.717) is 5.91 Å². The lowest BCUT2D eigenvalue weighted by Gasteiger charge is -2.56. The first kappa shape index (κ1) is 21.5. The molecule has 4 aliphatic carbocycles.